The van der Waals surface area contributed by atoms with Crippen LogP contribution in [0.25, 0.3) is 0 Å². The molecule has 0 aromatic rings. The molecule has 0 aliphatic rings. The summed E-state index contributed by atoms with van der Waals surface area (Å²) in [4.78, 5) is 46.2. The molecule has 0 aliphatic carbocycles. The van der Waals surface area contributed by atoms with E-state index >= 15 is 0 Å². The number of carbonyl (C=O) groups excluding carboxylic acids is 2. The molecule has 0 saturated heterocycles. The molecule has 0 saturated carbocycles. The number of hydrogen-bond acceptors (Lipinski definition) is 9. The summed E-state index contributed by atoms with van der Waals surface area (Å²) in [7, 11) is -4.72. The third-order valence-corrected chi connectivity index (χ3v) is 12.3. The Balaban J connectivity index is 4.23. The average molecular weight is 926 g/mol. The molecule has 0 radical (unpaired) electrons. The number of allylic oxidation sites excluding steroid dienone is 6. The molecule has 0 fully saturated rings. The molecule has 0 aromatic carbocycles. The number of rotatable bonds is 49. The van der Waals surface area contributed by atoms with Gasteiger partial charge in [-0.3, -0.25) is 23.4 Å². The van der Waals surface area contributed by atoms with Gasteiger partial charge in [-0.1, -0.05) is 198 Å². The van der Waals surface area contributed by atoms with Crippen LogP contribution in [0.5, 0.6) is 0 Å². The lowest BCUT2D eigenvalue weighted by molar-refractivity contribution is -0.161. The van der Waals surface area contributed by atoms with Crippen molar-refractivity contribution in [3.63, 3.8) is 0 Å². The van der Waals surface area contributed by atoms with Gasteiger partial charge in [0.1, 0.15) is 12.6 Å². The van der Waals surface area contributed by atoms with Gasteiger partial charge in [-0.2, -0.15) is 0 Å². The quantitative estimate of drug-likeness (QED) is 0.0229. The fourth-order valence-electron chi connectivity index (χ4n) is 7.27. The minimum Gasteiger partial charge on any atom is -0.480 e. The highest BCUT2D eigenvalue weighted by atomic mass is 31.2. The Kier molecular flexibility index (Phi) is 45.5. The van der Waals surface area contributed by atoms with E-state index in [1.807, 2.05) is 0 Å². The summed E-state index contributed by atoms with van der Waals surface area (Å²) in [6, 6.07) is -1.52. The number of esters is 2. The van der Waals surface area contributed by atoms with Crippen molar-refractivity contribution in [2.24, 2.45) is 5.73 Å². The normalized spacial score (nSPS) is 13.8. The zero-order valence-corrected chi connectivity index (χ0v) is 41.8. The van der Waals surface area contributed by atoms with Gasteiger partial charge in [0, 0.05) is 12.8 Å². The van der Waals surface area contributed by atoms with Gasteiger partial charge < -0.3 is 25.2 Å². The monoisotopic (exact) mass is 926 g/mol. The number of carboxylic acid groups (broad SMARTS) is 1. The van der Waals surface area contributed by atoms with Crippen LogP contribution >= 0.6 is 7.82 Å². The van der Waals surface area contributed by atoms with E-state index in [-0.39, 0.29) is 19.4 Å². The van der Waals surface area contributed by atoms with Crippen LogP contribution in [-0.2, 0) is 37.5 Å². The molecule has 0 heterocycles. The van der Waals surface area contributed by atoms with Crippen molar-refractivity contribution in [2.45, 2.75) is 257 Å². The van der Waals surface area contributed by atoms with Crippen molar-refractivity contribution in [2.75, 3.05) is 19.8 Å². The van der Waals surface area contributed by atoms with Crippen molar-refractivity contribution >= 4 is 25.7 Å². The van der Waals surface area contributed by atoms with Crippen LogP contribution < -0.4 is 5.73 Å². The number of unbranched alkanes of at least 4 members (excludes halogenated alkanes) is 29. The summed E-state index contributed by atoms with van der Waals surface area (Å²) in [6.07, 6.45) is 53.5. The molecule has 12 heteroatoms. The summed E-state index contributed by atoms with van der Waals surface area (Å²) in [5.41, 5.74) is 5.35. The third-order valence-electron chi connectivity index (χ3n) is 11.4. The van der Waals surface area contributed by atoms with E-state index in [0.717, 1.165) is 51.4 Å². The molecule has 0 bridgehead atoms. The molecular weight excluding hydrogens is 830 g/mol. The van der Waals surface area contributed by atoms with Crippen LogP contribution in [0.4, 0.5) is 0 Å². The minimum absolute atomic E-state index is 0.159. The van der Waals surface area contributed by atoms with Gasteiger partial charge in [-0.25, -0.2) is 4.57 Å². The molecule has 0 aliphatic heterocycles. The molecule has 64 heavy (non-hydrogen) atoms. The summed E-state index contributed by atoms with van der Waals surface area (Å²) in [5, 5.41) is 8.92. The van der Waals surface area contributed by atoms with Crippen molar-refractivity contribution in [3.8, 4) is 0 Å². The van der Waals surface area contributed by atoms with Gasteiger partial charge in [-0.05, 0) is 70.6 Å². The maximum Gasteiger partial charge on any atom is 0.472 e. The van der Waals surface area contributed by atoms with Crippen LogP contribution in [0.3, 0.4) is 0 Å². The van der Waals surface area contributed by atoms with E-state index < -0.39 is 51.1 Å². The van der Waals surface area contributed by atoms with E-state index in [1.165, 1.54) is 154 Å². The number of nitrogens with two attached hydrogens (primary N) is 1. The maximum atomic E-state index is 12.7. The smallest absolute Gasteiger partial charge is 0.472 e. The lowest BCUT2D eigenvalue weighted by Gasteiger charge is -2.20. The largest absolute Gasteiger partial charge is 0.480 e. The number of aliphatic carboxylic acids is 1. The topological polar surface area (TPSA) is 172 Å². The van der Waals surface area contributed by atoms with Gasteiger partial charge in [0.05, 0.1) is 13.2 Å². The zero-order valence-electron chi connectivity index (χ0n) is 40.9. The number of carbonyl (C=O) groups is 3. The lowest BCUT2D eigenvalue weighted by Crippen LogP contribution is -2.34. The predicted octanol–water partition coefficient (Wildman–Crippen LogP) is 14.7. The first-order valence-corrected chi connectivity index (χ1v) is 27.5. The molecule has 0 rings (SSSR count). The molecule has 0 spiro atoms. The molecule has 374 valence electrons. The summed E-state index contributed by atoms with van der Waals surface area (Å²) in [6.45, 7) is 2.82. The van der Waals surface area contributed by atoms with Gasteiger partial charge >= 0.3 is 25.7 Å². The second kappa shape index (κ2) is 47.2. The van der Waals surface area contributed by atoms with Crippen LogP contribution in [0.2, 0.25) is 0 Å². The summed E-state index contributed by atoms with van der Waals surface area (Å²) < 4.78 is 32.9. The van der Waals surface area contributed by atoms with Gasteiger partial charge in [-0.15, -0.1) is 0 Å². The van der Waals surface area contributed by atoms with E-state index in [1.54, 1.807) is 0 Å². The highest BCUT2D eigenvalue weighted by Crippen LogP contribution is 2.43. The van der Waals surface area contributed by atoms with Crippen LogP contribution in [0.15, 0.2) is 36.5 Å². The van der Waals surface area contributed by atoms with Crippen LogP contribution in [0, 0.1) is 0 Å². The standard InChI is InChI=1S/C52H96NO10P/c1-3-5-7-9-11-13-15-17-19-21-22-23-24-25-26-28-30-32-34-36-38-40-42-44-51(55)63-48(46-61-64(58,59)62-47-49(53)52(56)57)45-60-50(54)43-41-39-37-35-33-31-29-27-20-18-16-14-12-10-8-6-4-2/h15,17-18,20-22,48-49H,3-14,16,19,23-47,53H2,1-2H3,(H,56,57)(H,58,59)/b17-15-,20-18-,22-21-. The Morgan fingerprint density at radius 3 is 1.23 bits per heavy atom. The van der Waals surface area contributed by atoms with Crippen molar-refractivity contribution in [1.29, 1.82) is 0 Å². The predicted molar refractivity (Wildman–Crippen MR) is 263 cm³/mol. The first kappa shape index (κ1) is 61.7. The lowest BCUT2D eigenvalue weighted by atomic mass is 10.0. The fourth-order valence-corrected chi connectivity index (χ4v) is 8.05. The molecule has 3 atom stereocenters. The second-order valence-electron chi connectivity index (χ2n) is 17.7. The number of ether oxygens (including phenoxy) is 2. The third kappa shape index (κ3) is 46.2. The van der Waals surface area contributed by atoms with Crippen LogP contribution in [0.1, 0.15) is 245 Å². The maximum absolute atomic E-state index is 12.7. The Bertz CT molecular complexity index is 1220. The van der Waals surface area contributed by atoms with Gasteiger partial charge in [0.2, 0.25) is 0 Å². The number of hydrogen-bond donors (Lipinski definition) is 3. The number of phosphoric acid groups is 1. The molecular formula is C52H96NO10P. The second-order valence-corrected chi connectivity index (χ2v) is 19.1. The first-order valence-electron chi connectivity index (χ1n) is 26.0. The van der Waals surface area contributed by atoms with E-state index in [0.29, 0.717) is 12.8 Å². The molecule has 11 nitrogen and oxygen atoms in total. The Hall–Kier alpha value is -2.30. The van der Waals surface area contributed by atoms with Crippen molar-refractivity contribution < 1.29 is 47.5 Å². The SMILES string of the molecule is CCCCCCC/C=C\C/C=C\CCCCCCCCCCCCCC(=O)OC(COC(=O)CCCCCCCCC/C=C\CCCCCCCC)COP(=O)(O)OCC(N)C(=O)O. The zero-order chi connectivity index (χ0) is 47.0. The first-order chi connectivity index (χ1) is 31.1. The summed E-state index contributed by atoms with van der Waals surface area (Å²) in [5.74, 6) is -2.38. The Morgan fingerprint density at radius 1 is 0.484 bits per heavy atom. The highest BCUT2D eigenvalue weighted by molar-refractivity contribution is 7.47. The van der Waals surface area contributed by atoms with Crippen molar-refractivity contribution in [3.05, 3.63) is 36.5 Å². The Morgan fingerprint density at radius 2 is 0.828 bits per heavy atom. The van der Waals surface area contributed by atoms with E-state index in [4.69, 9.17) is 24.8 Å². The molecule has 4 N–H and O–H groups in total. The minimum atomic E-state index is -4.72. The summed E-state index contributed by atoms with van der Waals surface area (Å²) >= 11 is 0. The molecule has 0 aromatic heterocycles. The number of carboxylic acids is 1. The fraction of sp³-hybridized carbons (Fsp3) is 0.827. The highest BCUT2D eigenvalue weighted by Gasteiger charge is 2.28. The van der Waals surface area contributed by atoms with Gasteiger partial charge in [0.25, 0.3) is 0 Å². The van der Waals surface area contributed by atoms with Gasteiger partial charge in [0.15, 0.2) is 6.10 Å². The molecule has 3 unspecified atom stereocenters. The average Bonchev–Trinajstić information content (AvgIpc) is 3.27. The van der Waals surface area contributed by atoms with E-state index in [9.17, 15) is 23.8 Å². The Labute approximate surface area is 391 Å². The van der Waals surface area contributed by atoms with E-state index in [2.05, 4.69) is 54.8 Å². The molecule has 0 amide bonds. The van der Waals surface area contributed by atoms with Crippen LogP contribution in [-0.4, -0.2) is 59.9 Å². The number of phosphoric ester groups is 1. The van der Waals surface area contributed by atoms with Crippen molar-refractivity contribution in [1.82, 2.24) is 0 Å².